The molecule has 0 radical (unpaired) electrons. The zero-order valence-corrected chi connectivity index (χ0v) is 14.4. The summed E-state index contributed by atoms with van der Waals surface area (Å²) in [5.74, 6) is 0. The van der Waals surface area contributed by atoms with Gasteiger partial charge in [0.05, 0.1) is 4.90 Å². The van der Waals surface area contributed by atoms with Crippen molar-refractivity contribution in [3.05, 3.63) is 57.0 Å². The Balaban J connectivity index is 2.25. The van der Waals surface area contributed by atoms with Gasteiger partial charge in [-0.1, -0.05) is 39.7 Å². The number of hydrogen-bond donors (Lipinski definition) is 2. The molecule has 0 aliphatic rings. The topological polar surface area (TPSA) is 72.2 Å². The Bertz CT molecular complexity index is 761. The molecule has 2 aromatic carbocycles. The van der Waals surface area contributed by atoms with E-state index in [0.717, 1.165) is 5.56 Å². The Hall–Kier alpha value is -1.08. The van der Waals surface area contributed by atoms with Gasteiger partial charge < -0.3 is 5.73 Å². The van der Waals surface area contributed by atoms with Crippen LogP contribution in [0.5, 0.6) is 0 Å². The van der Waals surface area contributed by atoms with Gasteiger partial charge in [-0.25, -0.2) is 13.1 Å². The molecule has 0 bridgehead atoms. The largest absolute Gasteiger partial charge is 0.398 e. The fourth-order valence-corrected chi connectivity index (χ4v) is 3.88. The molecule has 112 valence electrons. The lowest BCUT2D eigenvalue weighted by Crippen LogP contribution is -2.24. The maximum atomic E-state index is 12.4. The molecule has 0 atom stereocenters. The second-order valence-corrected chi connectivity index (χ2v) is 7.66. The zero-order chi connectivity index (χ0) is 15.6. The molecule has 0 saturated carbocycles. The molecule has 3 N–H and O–H groups in total. The van der Waals surface area contributed by atoms with Crippen molar-refractivity contribution in [2.45, 2.75) is 18.4 Å². The molecular weight excluding hydrogens is 376 g/mol. The standard InChI is InChI=1S/C14H14BrClN2O2S/c1-9-13(17)6-11(15)7-14(9)21(19,20)18-8-10-2-4-12(16)5-3-10/h2-7,18H,8,17H2,1H3. The summed E-state index contributed by atoms with van der Waals surface area (Å²) in [6.45, 7) is 1.87. The molecule has 2 rings (SSSR count). The fourth-order valence-electron chi connectivity index (χ4n) is 1.81. The summed E-state index contributed by atoms with van der Waals surface area (Å²) in [5.41, 5.74) is 7.58. The lowest BCUT2D eigenvalue weighted by molar-refractivity contribution is 0.580. The SMILES string of the molecule is Cc1c(N)cc(Br)cc1S(=O)(=O)NCc1ccc(Cl)cc1. The highest BCUT2D eigenvalue weighted by Gasteiger charge is 2.18. The quantitative estimate of drug-likeness (QED) is 0.786. The minimum absolute atomic E-state index is 0.170. The highest BCUT2D eigenvalue weighted by Crippen LogP contribution is 2.26. The first-order valence-corrected chi connectivity index (χ1v) is 8.75. The average Bonchev–Trinajstić information content (AvgIpc) is 2.42. The van der Waals surface area contributed by atoms with Crippen molar-refractivity contribution in [2.24, 2.45) is 0 Å². The van der Waals surface area contributed by atoms with E-state index in [0.29, 0.717) is 20.7 Å². The molecule has 0 aromatic heterocycles. The number of anilines is 1. The third kappa shape index (κ3) is 3.97. The van der Waals surface area contributed by atoms with Gasteiger partial charge in [0.15, 0.2) is 0 Å². The molecule has 0 fully saturated rings. The summed E-state index contributed by atoms with van der Waals surface area (Å²) in [5, 5.41) is 0.609. The van der Waals surface area contributed by atoms with Crippen LogP contribution in [0.3, 0.4) is 0 Å². The van der Waals surface area contributed by atoms with Crippen molar-refractivity contribution in [1.29, 1.82) is 0 Å². The van der Waals surface area contributed by atoms with Crippen LogP contribution in [-0.4, -0.2) is 8.42 Å². The van der Waals surface area contributed by atoms with Crippen LogP contribution in [0.15, 0.2) is 45.8 Å². The van der Waals surface area contributed by atoms with E-state index in [2.05, 4.69) is 20.7 Å². The minimum Gasteiger partial charge on any atom is -0.398 e. The van der Waals surface area contributed by atoms with Gasteiger partial charge in [-0.3, -0.25) is 0 Å². The molecule has 2 aromatic rings. The van der Waals surface area contributed by atoms with Gasteiger partial charge in [-0.2, -0.15) is 0 Å². The van der Waals surface area contributed by atoms with Crippen LogP contribution in [0, 0.1) is 6.92 Å². The maximum Gasteiger partial charge on any atom is 0.241 e. The number of nitrogens with two attached hydrogens (primary N) is 1. The molecule has 0 amide bonds. The first-order chi connectivity index (χ1) is 9.79. The van der Waals surface area contributed by atoms with Gasteiger partial charge in [0.2, 0.25) is 10.0 Å². The normalized spacial score (nSPS) is 11.6. The Morgan fingerprint density at radius 3 is 2.48 bits per heavy atom. The van der Waals surface area contributed by atoms with Crippen LogP contribution in [0.2, 0.25) is 5.02 Å². The molecule has 0 heterocycles. The van der Waals surface area contributed by atoms with E-state index in [1.54, 1.807) is 37.3 Å². The Morgan fingerprint density at radius 2 is 1.86 bits per heavy atom. The third-order valence-electron chi connectivity index (χ3n) is 3.03. The summed E-state index contributed by atoms with van der Waals surface area (Å²) >= 11 is 9.05. The summed E-state index contributed by atoms with van der Waals surface area (Å²) in [6.07, 6.45) is 0. The lowest BCUT2D eigenvalue weighted by Gasteiger charge is -2.12. The van der Waals surface area contributed by atoms with Crippen molar-refractivity contribution in [1.82, 2.24) is 4.72 Å². The number of nitrogen functional groups attached to an aromatic ring is 1. The van der Waals surface area contributed by atoms with Crippen LogP contribution >= 0.6 is 27.5 Å². The van der Waals surface area contributed by atoms with Gasteiger partial charge in [0.25, 0.3) is 0 Å². The smallest absolute Gasteiger partial charge is 0.241 e. The van der Waals surface area contributed by atoms with Crippen molar-refractivity contribution in [3.63, 3.8) is 0 Å². The van der Waals surface area contributed by atoms with Crippen LogP contribution in [0.4, 0.5) is 5.69 Å². The molecule has 0 saturated heterocycles. The number of benzene rings is 2. The van der Waals surface area contributed by atoms with Gasteiger partial charge >= 0.3 is 0 Å². The molecule has 21 heavy (non-hydrogen) atoms. The van der Waals surface area contributed by atoms with E-state index in [4.69, 9.17) is 17.3 Å². The number of nitrogens with one attached hydrogen (secondary N) is 1. The van der Waals surface area contributed by atoms with E-state index < -0.39 is 10.0 Å². The Labute approximate surface area is 137 Å². The Kier molecular flexibility index (Phi) is 4.93. The lowest BCUT2D eigenvalue weighted by atomic mass is 10.2. The van der Waals surface area contributed by atoms with E-state index >= 15 is 0 Å². The van der Waals surface area contributed by atoms with Gasteiger partial charge in [0, 0.05) is 21.7 Å². The van der Waals surface area contributed by atoms with Gasteiger partial charge in [0.1, 0.15) is 0 Å². The molecule has 7 heteroatoms. The fraction of sp³-hybridized carbons (Fsp3) is 0.143. The highest BCUT2D eigenvalue weighted by molar-refractivity contribution is 9.10. The number of rotatable bonds is 4. The van der Waals surface area contributed by atoms with Crippen LogP contribution in [-0.2, 0) is 16.6 Å². The maximum absolute atomic E-state index is 12.4. The minimum atomic E-state index is -3.64. The highest BCUT2D eigenvalue weighted by atomic mass is 79.9. The van der Waals surface area contributed by atoms with E-state index in [1.165, 1.54) is 6.07 Å². The average molecular weight is 390 g/mol. The number of sulfonamides is 1. The molecule has 4 nitrogen and oxygen atoms in total. The molecule has 0 aliphatic heterocycles. The zero-order valence-electron chi connectivity index (χ0n) is 11.2. The van der Waals surface area contributed by atoms with Crippen molar-refractivity contribution in [2.75, 3.05) is 5.73 Å². The van der Waals surface area contributed by atoms with E-state index in [1.807, 2.05) is 0 Å². The van der Waals surface area contributed by atoms with Gasteiger partial charge in [-0.15, -0.1) is 0 Å². The second kappa shape index (κ2) is 6.36. The van der Waals surface area contributed by atoms with E-state index in [-0.39, 0.29) is 11.4 Å². The molecule has 0 aliphatic carbocycles. The molecular formula is C14H14BrClN2O2S. The monoisotopic (exact) mass is 388 g/mol. The molecule has 0 unspecified atom stereocenters. The predicted molar refractivity (Wildman–Crippen MR) is 88.8 cm³/mol. The third-order valence-corrected chi connectivity index (χ3v) is 5.27. The number of halogens is 2. The summed E-state index contributed by atoms with van der Waals surface area (Å²) in [4.78, 5) is 0.170. The van der Waals surface area contributed by atoms with Crippen LogP contribution in [0.25, 0.3) is 0 Å². The van der Waals surface area contributed by atoms with E-state index in [9.17, 15) is 8.42 Å². The van der Waals surface area contributed by atoms with Gasteiger partial charge in [-0.05, 0) is 42.3 Å². The Morgan fingerprint density at radius 1 is 1.24 bits per heavy atom. The van der Waals surface area contributed by atoms with Crippen LogP contribution in [0.1, 0.15) is 11.1 Å². The summed E-state index contributed by atoms with van der Waals surface area (Å²) in [6, 6.07) is 10.2. The van der Waals surface area contributed by atoms with Crippen LogP contribution < -0.4 is 10.5 Å². The van der Waals surface area contributed by atoms with Crippen molar-refractivity contribution in [3.8, 4) is 0 Å². The summed E-state index contributed by atoms with van der Waals surface area (Å²) < 4.78 is 28.0. The summed E-state index contributed by atoms with van der Waals surface area (Å²) in [7, 11) is -3.64. The van der Waals surface area contributed by atoms with Crippen molar-refractivity contribution >= 4 is 43.2 Å². The predicted octanol–water partition coefficient (Wildman–Crippen LogP) is 3.47. The first kappa shape index (κ1) is 16.3. The van der Waals surface area contributed by atoms with Crippen molar-refractivity contribution < 1.29 is 8.42 Å². The second-order valence-electron chi connectivity index (χ2n) is 4.57. The first-order valence-electron chi connectivity index (χ1n) is 6.09. The molecule has 0 spiro atoms. The number of hydrogen-bond acceptors (Lipinski definition) is 3.